The van der Waals surface area contributed by atoms with Crippen LogP contribution in [0.2, 0.25) is 0 Å². The number of carbonyl (C=O) groups excluding carboxylic acids is 2. The maximum absolute atomic E-state index is 12.2. The molecule has 0 aromatic rings. The molecule has 0 aliphatic rings. The number of aliphatic hydroxyl groups is 1. The highest BCUT2D eigenvalue weighted by Gasteiger charge is 2.28. The lowest BCUT2D eigenvalue weighted by molar-refractivity contribution is -0.147. The van der Waals surface area contributed by atoms with E-state index in [1.807, 2.05) is 0 Å². The highest BCUT2D eigenvalue weighted by molar-refractivity contribution is 7.47. The van der Waals surface area contributed by atoms with Gasteiger partial charge in [-0.05, 0) is 44.9 Å². The lowest BCUT2D eigenvalue weighted by Crippen LogP contribution is -2.43. The number of unbranched alkanes of at least 4 members (excludes halogenated alkanes) is 16. The van der Waals surface area contributed by atoms with Crippen LogP contribution in [0.4, 0.5) is 0 Å². The maximum Gasteiger partial charge on any atom is 0.472 e. The number of ether oxygens (including phenoxy) is 1. The van der Waals surface area contributed by atoms with E-state index < -0.39 is 57.6 Å². The molecule has 0 saturated heterocycles. The van der Waals surface area contributed by atoms with Crippen LogP contribution in [0.25, 0.3) is 0 Å². The van der Waals surface area contributed by atoms with Crippen molar-refractivity contribution >= 4 is 25.7 Å². The average molecular weight is 704 g/mol. The van der Waals surface area contributed by atoms with Crippen molar-refractivity contribution < 1.29 is 47.8 Å². The van der Waals surface area contributed by atoms with Crippen LogP contribution in [0.5, 0.6) is 0 Å². The number of esters is 1. The number of nitrogens with one attached hydrogen (secondary N) is 1. The van der Waals surface area contributed by atoms with Gasteiger partial charge in [-0.15, -0.1) is 0 Å². The number of aliphatic carboxylic acids is 1. The first-order valence-corrected chi connectivity index (χ1v) is 19.9. The van der Waals surface area contributed by atoms with Gasteiger partial charge in [0.25, 0.3) is 0 Å². The van der Waals surface area contributed by atoms with E-state index in [9.17, 15) is 34.1 Å². The summed E-state index contributed by atoms with van der Waals surface area (Å²) in [5, 5.41) is 21.6. The van der Waals surface area contributed by atoms with Crippen LogP contribution in [0.1, 0.15) is 155 Å². The van der Waals surface area contributed by atoms with Gasteiger partial charge in [0.2, 0.25) is 5.91 Å². The van der Waals surface area contributed by atoms with E-state index in [1.54, 1.807) is 0 Å². The van der Waals surface area contributed by atoms with E-state index in [0.717, 1.165) is 57.8 Å². The van der Waals surface area contributed by atoms with Crippen LogP contribution in [-0.2, 0) is 32.7 Å². The Hall–Kier alpha value is -2.04. The SMILES string of the molecule is CCCCC/C=C\C/C=C\CCCCCCCCCC(=O)NC(COP(=O)(O)OCC(O)COC(=O)CCCCCCCCC)C(=O)O. The van der Waals surface area contributed by atoms with Crippen LogP contribution < -0.4 is 5.32 Å². The van der Waals surface area contributed by atoms with Crippen molar-refractivity contribution in [3.8, 4) is 0 Å². The van der Waals surface area contributed by atoms with Crippen molar-refractivity contribution in [3.63, 3.8) is 0 Å². The molecule has 48 heavy (non-hydrogen) atoms. The molecule has 12 heteroatoms. The third-order valence-corrected chi connectivity index (χ3v) is 8.69. The Labute approximate surface area is 289 Å². The first-order chi connectivity index (χ1) is 23.1. The topological polar surface area (TPSA) is 169 Å². The zero-order valence-corrected chi connectivity index (χ0v) is 30.7. The standard InChI is InChI=1S/C36H66NO10P/c1-3-5-7-9-11-12-13-14-15-16-17-18-19-20-22-23-25-27-34(39)37-33(36(41)42)31-47-48(43,44)46-30-32(38)29-45-35(40)28-26-24-21-10-8-6-4-2/h11-12,14-15,32-33,38H,3-10,13,16-31H2,1-2H3,(H,37,39)(H,41,42)(H,43,44)/b12-11-,15-14-. The Kier molecular flexibility index (Phi) is 30.8. The average Bonchev–Trinajstić information content (AvgIpc) is 3.05. The van der Waals surface area contributed by atoms with E-state index in [2.05, 4.69) is 43.5 Å². The van der Waals surface area contributed by atoms with Gasteiger partial charge in [0, 0.05) is 12.8 Å². The maximum atomic E-state index is 12.2. The summed E-state index contributed by atoms with van der Waals surface area (Å²) in [4.78, 5) is 45.5. The number of rotatable bonds is 34. The van der Waals surface area contributed by atoms with E-state index in [1.165, 1.54) is 57.8 Å². The molecule has 0 saturated carbocycles. The number of hydrogen-bond acceptors (Lipinski definition) is 8. The van der Waals surface area contributed by atoms with Crippen molar-refractivity contribution in [3.05, 3.63) is 24.3 Å². The molecule has 0 aliphatic carbocycles. The molecule has 1 amide bonds. The number of aliphatic hydroxyl groups excluding tert-OH is 1. The van der Waals surface area contributed by atoms with E-state index >= 15 is 0 Å². The largest absolute Gasteiger partial charge is 0.480 e. The van der Waals surface area contributed by atoms with E-state index in [-0.39, 0.29) is 12.8 Å². The molecule has 0 aromatic heterocycles. The molecule has 0 heterocycles. The number of allylic oxidation sites excluding steroid dienone is 4. The Balaban J connectivity index is 3.99. The molecular weight excluding hydrogens is 637 g/mol. The lowest BCUT2D eigenvalue weighted by Gasteiger charge is -2.18. The van der Waals surface area contributed by atoms with Gasteiger partial charge in [0.1, 0.15) is 12.7 Å². The number of phosphoric ester groups is 1. The summed E-state index contributed by atoms with van der Waals surface area (Å²) in [5.74, 6) is -2.39. The Morgan fingerprint density at radius 1 is 0.667 bits per heavy atom. The van der Waals surface area contributed by atoms with E-state index in [0.29, 0.717) is 12.8 Å². The summed E-state index contributed by atoms with van der Waals surface area (Å²) in [6, 6.07) is -1.55. The number of carbonyl (C=O) groups is 3. The Morgan fingerprint density at radius 3 is 1.73 bits per heavy atom. The number of amides is 1. The summed E-state index contributed by atoms with van der Waals surface area (Å²) in [6.07, 6.45) is 29.5. The minimum Gasteiger partial charge on any atom is -0.480 e. The van der Waals surface area contributed by atoms with Crippen LogP contribution >= 0.6 is 7.82 Å². The first-order valence-electron chi connectivity index (χ1n) is 18.4. The van der Waals surface area contributed by atoms with Gasteiger partial charge in [-0.3, -0.25) is 18.6 Å². The second-order valence-electron chi connectivity index (χ2n) is 12.4. The molecule has 3 atom stereocenters. The van der Waals surface area contributed by atoms with Crippen molar-refractivity contribution in [1.29, 1.82) is 0 Å². The van der Waals surface area contributed by atoms with Crippen molar-refractivity contribution in [2.75, 3.05) is 19.8 Å². The lowest BCUT2D eigenvalue weighted by atomic mass is 10.1. The van der Waals surface area contributed by atoms with Gasteiger partial charge < -0.3 is 25.2 Å². The number of carboxylic acid groups (broad SMARTS) is 1. The van der Waals surface area contributed by atoms with Gasteiger partial charge in [0.15, 0.2) is 6.04 Å². The first kappa shape index (κ1) is 46.0. The van der Waals surface area contributed by atoms with Crippen LogP contribution in [0, 0.1) is 0 Å². The third kappa shape index (κ3) is 31.2. The summed E-state index contributed by atoms with van der Waals surface area (Å²) in [6.45, 7) is 2.48. The van der Waals surface area contributed by atoms with Gasteiger partial charge >= 0.3 is 19.8 Å². The summed E-state index contributed by atoms with van der Waals surface area (Å²) in [5.41, 5.74) is 0. The fourth-order valence-corrected chi connectivity index (χ4v) is 5.59. The monoisotopic (exact) mass is 703 g/mol. The molecule has 0 aliphatic heterocycles. The van der Waals surface area contributed by atoms with Crippen molar-refractivity contribution in [2.45, 2.75) is 167 Å². The zero-order chi connectivity index (χ0) is 35.7. The van der Waals surface area contributed by atoms with Gasteiger partial charge in [-0.25, -0.2) is 9.36 Å². The minimum absolute atomic E-state index is 0.138. The molecule has 0 aromatic carbocycles. The van der Waals surface area contributed by atoms with Crippen molar-refractivity contribution in [2.24, 2.45) is 0 Å². The normalized spacial score (nSPS) is 14.2. The minimum atomic E-state index is -4.74. The summed E-state index contributed by atoms with van der Waals surface area (Å²) >= 11 is 0. The molecule has 0 radical (unpaired) electrons. The molecular formula is C36H66NO10P. The third-order valence-electron chi connectivity index (χ3n) is 7.74. The molecule has 3 unspecified atom stereocenters. The molecule has 0 bridgehead atoms. The number of carboxylic acids is 1. The quantitative estimate of drug-likeness (QED) is 0.0221. The molecule has 0 fully saturated rings. The second kappa shape index (κ2) is 32.2. The van der Waals surface area contributed by atoms with Gasteiger partial charge in [-0.1, -0.05) is 122 Å². The highest BCUT2D eigenvalue weighted by Crippen LogP contribution is 2.43. The smallest absolute Gasteiger partial charge is 0.472 e. The highest BCUT2D eigenvalue weighted by atomic mass is 31.2. The predicted molar refractivity (Wildman–Crippen MR) is 189 cm³/mol. The zero-order valence-electron chi connectivity index (χ0n) is 29.8. The second-order valence-corrected chi connectivity index (χ2v) is 13.9. The van der Waals surface area contributed by atoms with Crippen LogP contribution in [-0.4, -0.2) is 64.9 Å². The van der Waals surface area contributed by atoms with E-state index in [4.69, 9.17) is 13.8 Å². The Bertz CT molecular complexity index is 926. The molecule has 4 N–H and O–H groups in total. The molecule has 280 valence electrons. The fourth-order valence-electron chi connectivity index (χ4n) is 4.81. The van der Waals surface area contributed by atoms with Gasteiger partial charge in [0.05, 0.1) is 13.2 Å². The van der Waals surface area contributed by atoms with Crippen molar-refractivity contribution in [1.82, 2.24) is 5.32 Å². The predicted octanol–water partition coefficient (Wildman–Crippen LogP) is 8.33. The molecule has 0 rings (SSSR count). The van der Waals surface area contributed by atoms with Crippen LogP contribution in [0.3, 0.4) is 0 Å². The summed E-state index contributed by atoms with van der Waals surface area (Å²) < 4.78 is 26.6. The number of hydrogen-bond donors (Lipinski definition) is 4. The molecule has 11 nitrogen and oxygen atoms in total. The van der Waals surface area contributed by atoms with Crippen LogP contribution in [0.15, 0.2) is 24.3 Å². The summed E-state index contributed by atoms with van der Waals surface area (Å²) in [7, 11) is -4.74. The number of phosphoric acid groups is 1. The Morgan fingerprint density at radius 2 is 1.15 bits per heavy atom. The fraction of sp³-hybridized carbons (Fsp3) is 0.806. The molecule has 0 spiro atoms. The van der Waals surface area contributed by atoms with Gasteiger partial charge in [-0.2, -0.15) is 0 Å².